The van der Waals surface area contributed by atoms with Crippen LogP contribution in [0.4, 0.5) is 0 Å². The quantitative estimate of drug-likeness (QED) is 0.248. The van der Waals surface area contributed by atoms with Crippen LogP contribution in [-0.4, -0.2) is 41.5 Å². The molecule has 2 heterocycles. The van der Waals surface area contributed by atoms with Crippen LogP contribution in [0.25, 0.3) is 22.1 Å². The highest BCUT2D eigenvalue weighted by Gasteiger charge is 2.36. The molecule has 1 aliphatic heterocycles. The van der Waals surface area contributed by atoms with E-state index in [1.165, 1.54) is 34.7 Å². The Morgan fingerprint density at radius 3 is 2.13 bits per heavy atom. The van der Waals surface area contributed by atoms with Crippen LogP contribution in [-0.2, 0) is 4.79 Å². The molecule has 4 aromatic rings. The first kappa shape index (κ1) is 25.0. The summed E-state index contributed by atoms with van der Waals surface area (Å²) in [6, 6.07) is 12.2. The first-order valence-corrected chi connectivity index (χ1v) is 11.8. The molecule has 3 aromatic carbocycles. The van der Waals surface area contributed by atoms with Crippen molar-refractivity contribution < 1.29 is 37.6 Å². The van der Waals surface area contributed by atoms with Crippen molar-refractivity contribution in [3.05, 3.63) is 70.1 Å². The summed E-state index contributed by atoms with van der Waals surface area (Å²) in [5, 5.41) is 0.238. The van der Waals surface area contributed by atoms with E-state index in [1.807, 2.05) is 0 Å². The SMILES string of the molecule is COc1ccc(-c2coc3c4c(cc(OC)c3c2=O)OC(=O)C[C@@H]4c2ccc(OC)c(OC)c2OC)cc1. The topological polar surface area (TPSA) is 103 Å². The lowest BCUT2D eigenvalue weighted by Crippen LogP contribution is -2.23. The standard InChI is InChI=1S/C29H26O9/c1-32-16-8-6-15(7-9-16)19-14-37-29-24-18(17-10-11-20(33-2)28(36-5)27(17)35-4)12-23(30)38-22(24)13-21(34-3)25(29)26(19)31/h6-11,13-14,18H,12H2,1-5H3/t18-/m1/s1. The minimum atomic E-state index is -0.565. The van der Waals surface area contributed by atoms with E-state index in [9.17, 15) is 9.59 Å². The molecule has 5 rings (SSSR count). The van der Waals surface area contributed by atoms with Gasteiger partial charge >= 0.3 is 5.97 Å². The predicted octanol–water partition coefficient (Wildman–Crippen LogP) is 4.94. The van der Waals surface area contributed by atoms with Gasteiger partial charge in [0.15, 0.2) is 11.5 Å². The van der Waals surface area contributed by atoms with Gasteiger partial charge in [0.1, 0.15) is 34.5 Å². The van der Waals surface area contributed by atoms with Crippen LogP contribution in [0.3, 0.4) is 0 Å². The molecular formula is C29H26O9. The summed E-state index contributed by atoms with van der Waals surface area (Å²) in [6.07, 6.45) is 1.40. The molecule has 0 unspecified atom stereocenters. The average Bonchev–Trinajstić information content (AvgIpc) is 2.95. The maximum atomic E-state index is 13.8. The van der Waals surface area contributed by atoms with E-state index in [0.717, 1.165) is 0 Å². The van der Waals surface area contributed by atoms with Gasteiger partial charge in [-0.15, -0.1) is 0 Å². The molecule has 0 saturated heterocycles. The Balaban J connectivity index is 1.78. The fraction of sp³-hybridized carbons (Fsp3) is 0.241. The molecule has 0 spiro atoms. The number of rotatable bonds is 7. The molecule has 0 radical (unpaired) electrons. The smallest absolute Gasteiger partial charge is 0.312 e. The Morgan fingerprint density at radius 1 is 0.789 bits per heavy atom. The van der Waals surface area contributed by atoms with Crippen molar-refractivity contribution in [1.29, 1.82) is 0 Å². The summed E-state index contributed by atoms with van der Waals surface area (Å²) in [7, 11) is 7.56. The zero-order chi connectivity index (χ0) is 27.0. The summed E-state index contributed by atoms with van der Waals surface area (Å²) >= 11 is 0. The van der Waals surface area contributed by atoms with Crippen molar-refractivity contribution in [3.8, 4) is 45.6 Å². The second-order valence-corrected chi connectivity index (χ2v) is 8.56. The van der Waals surface area contributed by atoms with Crippen molar-refractivity contribution in [2.75, 3.05) is 35.5 Å². The van der Waals surface area contributed by atoms with Crippen LogP contribution in [0.5, 0.6) is 34.5 Å². The number of benzene rings is 3. The minimum absolute atomic E-state index is 0.00971. The van der Waals surface area contributed by atoms with Crippen molar-refractivity contribution in [3.63, 3.8) is 0 Å². The monoisotopic (exact) mass is 518 g/mol. The van der Waals surface area contributed by atoms with Gasteiger partial charge in [-0.1, -0.05) is 18.2 Å². The molecule has 0 aliphatic carbocycles. The number of ether oxygens (including phenoxy) is 6. The molecule has 1 aliphatic rings. The maximum absolute atomic E-state index is 13.8. The molecular weight excluding hydrogens is 492 g/mol. The van der Waals surface area contributed by atoms with E-state index in [0.29, 0.717) is 45.3 Å². The highest BCUT2D eigenvalue weighted by molar-refractivity contribution is 5.94. The Bertz CT molecular complexity index is 1590. The number of hydrogen-bond acceptors (Lipinski definition) is 9. The van der Waals surface area contributed by atoms with Crippen LogP contribution < -0.4 is 33.8 Å². The second-order valence-electron chi connectivity index (χ2n) is 8.56. The fourth-order valence-corrected chi connectivity index (χ4v) is 4.91. The lowest BCUT2D eigenvalue weighted by Gasteiger charge is -2.28. The van der Waals surface area contributed by atoms with Crippen LogP contribution in [0.2, 0.25) is 0 Å². The van der Waals surface area contributed by atoms with Crippen LogP contribution in [0.1, 0.15) is 23.5 Å². The van der Waals surface area contributed by atoms with Gasteiger partial charge in [0.05, 0.1) is 47.5 Å². The molecule has 0 saturated carbocycles. The van der Waals surface area contributed by atoms with Gasteiger partial charge in [0.2, 0.25) is 11.2 Å². The van der Waals surface area contributed by atoms with Crippen LogP contribution in [0.15, 0.2) is 57.9 Å². The largest absolute Gasteiger partial charge is 0.497 e. The lowest BCUT2D eigenvalue weighted by atomic mass is 9.84. The molecule has 196 valence electrons. The third kappa shape index (κ3) is 3.96. The van der Waals surface area contributed by atoms with Crippen molar-refractivity contribution in [2.24, 2.45) is 0 Å². The van der Waals surface area contributed by atoms with Gasteiger partial charge in [-0.2, -0.15) is 0 Å². The lowest BCUT2D eigenvalue weighted by molar-refractivity contribution is -0.135. The van der Waals surface area contributed by atoms with Gasteiger partial charge < -0.3 is 32.8 Å². The van der Waals surface area contributed by atoms with E-state index in [1.54, 1.807) is 49.6 Å². The molecule has 9 heteroatoms. The molecule has 0 amide bonds. The van der Waals surface area contributed by atoms with Crippen molar-refractivity contribution in [2.45, 2.75) is 12.3 Å². The number of methoxy groups -OCH3 is 5. The van der Waals surface area contributed by atoms with Gasteiger partial charge in [-0.3, -0.25) is 9.59 Å². The molecule has 0 N–H and O–H groups in total. The minimum Gasteiger partial charge on any atom is -0.497 e. The third-order valence-electron chi connectivity index (χ3n) is 6.69. The zero-order valence-electron chi connectivity index (χ0n) is 21.6. The maximum Gasteiger partial charge on any atom is 0.312 e. The summed E-state index contributed by atoms with van der Waals surface area (Å²) in [5.41, 5.74) is 2.17. The summed E-state index contributed by atoms with van der Waals surface area (Å²) < 4.78 is 39.2. The van der Waals surface area contributed by atoms with Crippen LogP contribution >= 0.6 is 0 Å². The highest BCUT2D eigenvalue weighted by atomic mass is 16.5. The Morgan fingerprint density at radius 2 is 1.50 bits per heavy atom. The average molecular weight is 519 g/mol. The van der Waals surface area contributed by atoms with Gasteiger partial charge in [-0.05, 0) is 23.8 Å². The van der Waals surface area contributed by atoms with E-state index >= 15 is 0 Å². The van der Waals surface area contributed by atoms with Crippen molar-refractivity contribution in [1.82, 2.24) is 0 Å². The molecule has 0 bridgehead atoms. The Kier molecular flexibility index (Phi) is 6.59. The third-order valence-corrected chi connectivity index (χ3v) is 6.69. The molecule has 9 nitrogen and oxygen atoms in total. The number of hydrogen-bond donors (Lipinski definition) is 0. The first-order chi connectivity index (χ1) is 18.4. The summed E-state index contributed by atoms with van der Waals surface area (Å²) in [5.74, 6) is 1.39. The van der Waals surface area contributed by atoms with E-state index in [-0.39, 0.29) is 34.3 Å². The van der Waals surface area contributed by atoms with Gasteiger partial charge in [-0.25, -0.2) is 0 Å². The Hall–Kier alpha value is -4.66. The Labute approximate surface area is 218 Å². The molecule has 1 aromatic heterocycles. The van der Waals surface area contributed by atoms with E-state index < -0.39 is 11.9 Å². The molecule has 38 heavy (non-hydrogen) atoms. The van der Waals surface area contributed by atoms with Crippen LogP contribution in [0, 0.1) is 0 Å². The molecule has 0 fully saturated rings. The highest BCUT2D eigenvalue weighted by Crippen LogP contribution is 2.51. The number of carbonyl (C=O) groups is 1. The van der Waals surface area contributed by atoms with Crippen molar-refractivity contribution >= 4 is 16.9 Å². The summed E-state index contributed by atoms with van der Waals surface area (Å²) in [6.45, 7) is 0. The number of carbonyl (C=O) groups excluding carboxylic acids is 1. The van der Waals surface area contributed by atoms with Gasteiger partial charge in [0, 0.05) is 23.1 Å². The first-order valence-electron chi connectivity index (χ1n) is 11.8. The molecule has 1 atom stereocenters. The second kappa shape index (κ2) is 10.0. The van der Waals surface area contributed by atoms with E-state index in [2.05, 4.69) is 0 Å². The number of esters is 1. The number of fused-ring (bicyclic) bond motifs is 3. The van der Waals surface area contributed by atoms with E-state index in [4.69, 9.17) is 32.8 Å². The zero-order valence-corrected chi connectivity index (χ0v) is 21.6. The fourth-order valence-electron chi connectivity index (χ4n) is 4.91. The summed E-state index contributed by atoms with van der Waals surface area (Å²) in [4.78, 5) is 26.5. The van der Waals surface area contributed by atoms with Gasteiger partial charge in [0.25, 0.3) is 0 Å². The normalized spacial score (nSPS) is 14.4. The predicted molar refractivity (Wildman–Crippen MR) is 139 cm³/mol.